The fourth-order valence-electron chi connectivity index (χ4n) is 2.53. The van der Waals surface area contributed by atoms with Crippen LogP contribution >= 0.6 is 22.6 Å². The Labute approximate surface area is 159 Å². The number of halogens is 1. The van der Waals surface area contributed by atoms with E-state index >= 15 is 0 Å². The third-order valence-electron chi connectivity index (χ3n) is 3.65. The van der Waals surface area contributed by atoms with E-state index in [9.17, 15) is 4.79 Å². The topological polar surface area (TPSA) is 64.2 Å². The van der Waals surface area contributed by atoms with Gasteiger partial charge in [0.05, 0.1) is 27.7 Å². The maximum atomic E-state index is 12.3. The first-order valence-electron chi connectivity index (χ1n) is 8.22. The number of fused-ring (bicyclic) bond motifs is 1. The van der Waals surface area contributed by atoms with E-state index in [-0.39, 0.29) is 5.56 Å². The van der Waals surface area contributed by atoms with E-state index in [0.29, 0.717) is 35.7 Å². The molecule has 0 radical (unpaired) electrons. The first-order valence-corrected chi connectivity index (χ1v) is 9.30. The smallest absolute Gasteiger partial charge is 0.259 e. The Morgan fingerprint density at radius 3 is 2.72 bits per heavy atom. The highest BCUT2D eigenvalue weighted by atomic mass is 127. The number of H-pyrrole nitrogens is 1. The minimum Gasteiger partial charge on any atom is -0.490 e. The van der Waals surface area contributed by atoms with Crippen molar-refractivity contribution in [3.05, 3.63) is 50.3 Å². The molecule has 25 heavy (non-hydrogen) atoms. The lowest BCUT2D eigenvalue weighted by molar-refractivity contribution is 0.275. The summed E-state index contributed by atoms with van der Waals surface area (Å²) in [6.07, 6.45) is 0.920. The highest BCUT2D eigenvalue weighted by Gasteiger charge is 2.15. The second kappa shape index (κ2) is 7.86. The van der Waals surface area contributed by atoms with Crippen molar-refractivity contribution in [3.63, 3.8) is 0 Å². The van der Waals surface area contributed by atoms with E-state index in [4.69, 9.17) is 9.47 Å². The Morgan fingerprint density at radius 2 is 1.96 bits per heavy atom. The van der Waals surface area contributed by atoms with Gasteiger partial charge in [0, 0.05) is 5.56 Å². The summed E-state index contributed by atoms with van der Waals surface area (Å²) in [5.41, 5.74) is 1.31. The summed E-state index contributed by atoms with van der Waals surface area (Å²) >= 11 is 2.22. The average Bonchev–Trinajstić information content (AvgIpc) is 2.61. The molecule has 0 saturated heterocycles. The lowest BCUT2D eigenvalue weighted by Crippen LogP contribution is -2.10. The molecule has 1 aromatic heterocycles. The zero-order valence-corrected chi connectivity index (χ0v) is 16.3. The lowest BCUT2D eigenvalue weighted by Gasteiger charge is -2.15. The summed E-state index contributed by atoms with van der Waals surface area (Å²) < 4.78 is 12.5. The third-order valence-corrected chi connectivity index (χ3v) is 4.45. The maximum Gasteiger partial charge on any atom is 0.259 e. The quantitative estimate of drug-likeness (QED) is 0.567. The van der Waals surface area contributed by atoms with Gasteiger partial charge in [0.2, 0.25) is 0 Å². The van der Waals surface area contributed by atoms with Crippen LogP contribution in [0.2, 0.25) is 0 Å². The van der Waals surface area contributed by atoms with Crippen LogP contribution in [0.15, 0.2) is 41.2 Å². The minimum atomic E-state index is -0.153. The molecular weight excluding hydrogens is 431 g/mol. The lowest BCUT2D eigenvalue weighted by atomic mass is 10.1. The standard InChI is InChI=1S/C19H19IN2O3/c1-3-9-25-17-14(20)10-12(11-16(17)24-4-2)18-21-15-8-6-5-7-13(15)19(23)22-18/h5-8,10-11H,3-4,9H2,1-2H3,(H,21,22,23). The molecule has 0 atom stereocenters. The van der Waals surface area contributed by atoms with E-state index in [1.54, 1.807) is 6.07 Å². The number of hydrogen-bond acceptors (Lipinski definition) is 4. The van der Waals surface area contributed by atoms with Crippen molar-refractivity contribution in [2.24, 2.45) is 0 Å². The van der Waals surface area contributed by atoms with Crippen molar-refractivity contribution >= 4 is 33.5 Å². The van der Waals surface area contributed by atoms with Gasteiger partial charge in [0.15, 0.2) is 11.5 Å². The van der Waals surface area contributed by atoms with Gasteiger partial charge < -0.3 is 14.5 Å². The number of ether oxygens (including phenoxy) is 2. The molecule has 6 heteroatoms. The monoisotopic (exact) mass is 450 g/mol. The highest BCUT2D eigenvalue weighted by Crippen LogP contribution is 2.37. The zero-order valence-electron chi connectivity index (χ0n) is 14.1. The zero-order chi connectivity index (χ0) is 17.8. The van der Waals surface area contributed by atoms with Crippen LogP contribution in [-0.2, 0) is 0 Å². The first kappa shape index (κ1) is 17.7. The fourth-order valence-corrected chi connectivity index (χ4v) is 3.29. The largest absolute Gasteiger partial charge is 0.490 e. The van der Waals surface area contributed by atoms with Crippen LogP contribution in [0.5, 0.6) is 11.5 Å². The van der Waals surface area contributed by atoms with Crippen molar-refractivity contribution < 1.29 is 9.47 Å². The van der Waals surface area contributed by atoms with Crippen molar-refractivity contribution in [3.8, 4) is 22.9 Å². The van der Waals surface area contributed by atoms with E-state index in [1.807, 2.05) is 37.3 Å². The molecule has 0 amide bonds. The number of aromatic amines is 1. The van der Waals surface area contributed by atoms with Crippen LogP contribution in [0.3, 0.4) is 0 Å². The predicted octanol–water partition coefficient (Wildman–Crippen LogP) is 4.38. The van der Waals surface area contributed by atoms with Crippen LogP contribution in [0.25, 0.3) is 22.3 Å². The normalized spacial score (nSPS) is 10.8. The average molecular weight is 450 g/mol. The molecule has 0 spiro atoms. The summed E-state index contributed by atoms with van der Waals surface area (Å²) in [5, 5.41) is 0.578. The molecule has 0 saturated carbocycles. The molecule has 130 valence electrons. The molecule has 0 fully saturated rings. The number of nitrogens with one attached hydrogen (secondary N) is 1. The number of nitrogens with zero attached hydrogens (tertiary/aromatic N) is 1. The molecule has 2 aromatic carbocycles. The van der Waals surface area contributed by atoms with Crippen molar-refractivity contribution in [2.75, 3.05) is 13.2 Å². The van der Waals surface area contributed by atoms with Gasteiger partial charge in [-0.05, 0) is 60.2 Å². The highest BCUT2D eigenvalue weighted by molar-refractivity contribution is 14.1. The van der Waals surface area contributed by atoms with E-state index in [0.717, 1.165) is 21.3 Å². The summed E-state index contributed by atoms with van der Waals surface area (Å²) in [6, 6.07) is 11.1. The molecule has 1 N–H and O–H groups in total. The number of para-hydroxylation sites is 1. The molecule has 0 aliphatic rings. The summed E-state index contributed by atoms with van der Waals surface area (Å²) in [7, 11) is 0. The Balaban J connectivity index is 2.12. The predicted molar refractivity (Wildman–Crippen MR) is 107 cm³/mol. The van der Waals surface area contributed by atoms with Gasteiger partial charge in [-0.15, -0.1) is 0 Å². The molecule has 0 aliphatic heterocycles. The first-order chi connectivity index (χ1) is 12.1. The van der Waals surface area contributed by atoms with Gasteiger partial charge in [-0.1, -0.05) is 19.1 Å². The van der Waals surface area contributed by atoms with Gasteiger partial charge in [-0.3, -0.25) is 4.79 Å². The Bertz CT molecular complexity index is 953. The summed E-state index contributed by atoms with van der Waals surface area (Å²) in [6.45, 7) is 5.15. The summed E-state index contributed by atoms with van der Waals surface area (Å²) in [4.78, 5) is 19.8. The number of rotatable bonds is 6. The minimum absolute atomic E-state index is 0.153. The van der Waals surface area contributed by atoms with E-state index in [1.165, 1.54) is 0 Å². The van der Waals surface area contributed by atoms with Gasteiger partial charge in [-0.25, -0.2) is 4.98 Å². The molecule has 0 aliphatic carbocycles. The van der Waals surface area contributed by atoms with Gasteiger partial charge in [0.1, 0.15) is 5.82 Å². The molecular formula is C19H19IN2O3. The van der Waals surface area contributed by atoms with Crippen molar-refractivity contribution in [1.29, 1.82) is 0 Å². The van der Waals surface area contributed by atoms with Crippen LogP contribution in [0.1, 0.15) is 20.3 Å². The fraction of sp³-hybridized carbons (Fsp3) is 0.263. The van der Waals surface area contributed by atoms with E-state index in [2.05, 4.69) is 39.5 Å². The number of hydrogen-bond donors (Lipinski definition) is 1. The van der Waals surface area contributed by atoms with Crippen molar-refractivity contribution in [2.45, 2.75) is 20.3 Å². The summed E-state index contributed by atoms with van der Waals surface area (Å²) in [5.74, 6) is 1.91. The second-order valence-corrected chi connectivity index (χ2v) is 6.66. The van der Waals surface area contributed by atoms with Gasteiger partial charge >= 0.3 is 0 Å². The van der Waals surface area contributed by atoms with Gasteiger partial charge in [-0.2, -0.15) is 0 Å². The van der Waals surface area contributed by atoms with Crippen molar-refractivity contribution in [1.82, 2.24) is 9.97 Å². The third kappa shape index (κ3) is 3.78. The van der Waals surface area contributed by atoms with Gasteiger partial charge in [0.25, 0.3) is 5.56 Å². The van der Waals surface area contributed by atoms with Crippen LogP contribution in [0, 0.1) is 3.57 Å². The Kier molecular flexibility index (Phi) is 5.57. The molecule has 5 nitrogen and oxygen atoms in total. The SMILES string of the molecule is CCCOc1c(I)cc(-c2nc3ccccc3c(=O)[nH]2)cc1OCC. The van der Waals surface area contributed by atoms with Crippen LogP contribution < -0.4 is 15.0 Å². The van der Waals surface area contributed by atoms with Crippen LogP contribution in [-0.4, -0.2) is 23.2 Å². The Hall–Kier alpha value is -2.09. The second-order valence-electron chi connectivity index (χ2n) is 5.50. The van der Waals surface area contributed by atoms with E-state index < -0.39 is 0 Å². The number of aromatic nitrogens is 2. The number of benzene rings is 2. The molecule has 0 bridgehead atoms. The van der Waals surface area contributed by atoms with Crippen LogP contribution in [0.4, 0.5) is 0 Å². The molecule has 1 heterocycles. The molecule has 0 unspecified atom stereocenters. The molecule has 3 aromatic rings. The molecule has 3 rings (SSSR count). The Morgan fingerprint density at radius 1 is 1.16 bits per heavy atom. The maximum absolute atomic E-state index is 12.3.